The normalized spacial score (nSPS) is 24.4. The van der Waals surface area contributed by atoms with Crippen molar-refractivity contribution in [2.45, 2.75) is 77.0 Å². The van der Waals surface area contributed by atoms with Gasteiger partial charge >= 0.3 is 0 Å². The number of ether oxygens (including phenoxy) is 6. The molecule has 3 atom stereocenters. The van der Waals surface area contributed by atoms with Crippen LogP contribution in [0.25, 0.3) is 0 Å². The summed E-state index contributed by atoms with van der Waals surface area (Å²) in [4.78, 5) is 0. The van der Waals surface area contributed by atoms with Crippen molar-refractivity contribution in [3.63, 3.8) is 0 Å². The molecule has 0 radical (unpaired) electrons. The summed E-state index contributed by atoms with van der Waals surface area (Å²) in [5, 5.41) is 0. The fraction of sp³-hybridized carbons (Fsp3) is 0.600. The number of hydrogen-bond donors (Lipinski definition) is 0. The molecule has 1 aliphatic carbocycles. The van der Waals surface area contributed by atoms with Gasteiger partial charge in [-0.2, -0.15) is 0 Å². The lowest BCUT2D eigenvalue weighted by Gasteiger charge is -2.42. The lowest BCUT2D eigenvalue weighted by molar-refractivity contribution is -0.0694. The average molecular weight is 697 g/mol. The van der Waals surface area contributed by atoms with E-state index in [4.69, 9.17) is 28.4 Å². The molecule has 3 aromatic rings. The maximum atomic E-state index is 6.34. The number of hydrogen-bond acceptors (Lipinski definition) is 6. The Morgan fingerprint density at radius 3 is 1.14 bits per heavy atom. The molecule has 4 aliphatic rings. The minimum atomic E-state index is -0.0541. The van der Waals surface area contributed by atoms with E-state index in [9.17, 15) is 0 Å². The molecule has 3 heterocycles. The first-order valence-electron chi connectivity index (χ1n) is 20.0. The van der Waals surface area contributed by atoms with Gasteiger partial charge in [0.05, 0.1) is 59.5 Å². The molecule has 0 bridgehead atoms. The predicted octanol–water partition coefficient (Wildman–Crippen LogP) is 9.48. The first kappa shape index (κ1) is 36.3. The fourth-order valence-electron chi connectivity index (χ4n) is 8.71. The second kappa shape index (κ2) is 17.2. The van der Waals surface area contributed by atoms with Crippen molar-refractivity contribution in [2.75, 3.05) is 59.5 Å². The third kappa shape index (κ3) is 8.45. The van der Waals surface area contributed by atoms with E-state index in [0.29, 0.717) is 41.4 Å². The Hall–Kier alpha value is -3.06. The van der Waals surface area contributed by atoms with Crippen LogP contribution in [0.4, 0.5) is 0 Å². The standard InChI is InChI=1S/C45H60O6/c1-4-32(37-23-46-24-37)29-49-42-13-7-35(8-14-42)36-19-21-45(22-20-36,40-9-15-43(16-10-40)50-30-33(5-2)38-25-47-26-38)41-11-17-44(18-12-41)51-31-34(6-3)39-27-48-28-39/h7-18,32-34,36-39H,4-6,19-31H2,1-3H3. The van der Waals surface area contributed by atoms with E-state index in [1.54, 1.807) is 0 Å². The lowest BCUT2D eigenvalue weighted by atomic mass is 9.62. The zero-order chi connectivity index (χ0) is 35.0. The smallest absolute Gasteiger partial charge is 0.119 e. The van der Waals surface area contributed by atoms with Crippen LogP contribution in [0.5, 0.6) is 17.2 Å². The zero-order valence-electron chi connectivity index (χ0n) is 31.2. The van der Waals surface area contributed by atoms with Gasteiger partial charge < -0.3 is 28.4 Å². The molecule has 3 saturated heterocycles. The number of rotatable bonds is 18. The molecule has 51 heavy (non-hydrogen) atoms. The molecular weight excluding hydrogens is 636 g/mol. The zero-order valence-corrected chi connectivity index (χ0v) is 31.2. The molecule has 0 aromatic heterocycles. The summed E-state index contributed by atoms with van der Waals surface area (Å²) in [6.07, 6.45) is 7.84. The first-order valence-corrected chi connectivity index (χ1v) is 20.0. The molecule has 6 nitrogen and oxygen atoms in total. The van der Waals surface area contributed by atoms with E-state index in [0.717, 1.165) is 122 Å². The SMILES string of the molecule is CCC(COc1ccc(C2CCC(c3ccc(OCC(CC)C4COC4)cc3)(c3ccc(OCC(CC)C4COC4)cc3)CC2)cc1)C1COC1. The Labute approximate surface area is 306 Å². The van der Waals surface area contributed by atoms with Gasteiger partial charge in [-0.1, -0.05) is 57.2 Å². The Kier molecular flexibility index (Phi) is 12.2. The van der Waals surface area contributed by atoms with Gasteiger partial charge in [0.2, 0.25) is 0 Å². The quantitative estimate of drug-likeness (QED) is 0.132. The summed E-state index contributed by atoms with van der Waals surface area (Å²) in [6, 6.07) is 27.0. The molecule has 4 fully saturated rings. The van der Waals surface area contributed by atoms with Gasteiger partial charge in [0.25, 0.3) is 0 Å². The maximum absolute atomic E-state index is 6.34. The predicted molar refractivity (Wildman–Crippen MR) is 202 cm³/mol. The molecule has 0 spiro atoms. The Balaban J connectivity index is 1.03. The molecule has 0 N–H and O–H groups in total. The topological polar surface area (TPSA) is 55.4 Å². The van der Waals surface area contributed by atoms with Crippen LogP contribution in [-0.2, 0) is 19.6 Å². The highest BCUT2D eigenvalue weighted by Gasteiger charge is 2.39. The molecule has 3 aromatic carbocycles. The van der Waals surface area contributed by atoms with Crippen LogP contribution >= 0.6 is 0 Å². The van der Waals surface area contributed by atoms with Crippen molar-refractivity contribution in [1.82, 2.24) is 0 Å². The molecule has 6 heteroatoms. The summed E-state index contributed by atoms with van der Waals surface area (Å²) in [7, 11) is 0. The van der Waals surface area contributed by atoms with Crippen molar-refractivity contribution in [3.8, 4) is 17.2 Å². The van der Waals surface area contributed by atoms with Crippen LogP contribution in [0.15, 0.2) is 72.8 Å². The van der Waals surface area contributed by atoms with Crippen LogP contribution in [0.2, 0.25) is 0 Å². The summed E-state index contributed by atoms with van der Waals surface area (Å²) in [5.74, 6) is 7.00. The highest BCUT2D eigenvalue weighted by molar-refractivity contribution is 5.44. The molecule has 0 amide bonds. The average Bonchev–Trinajstić information content (AvgIpc) is 3.11. The molecular formula is C45H60O6. The summed E-state index contributed by atoms with van der Waals surface area (Å²) >= 11 is 0. The highest BCUT2D eigenvalue weighted by atomic mass is 16.5. The minimum absolute atomic E-state index is 0.0541. The summed E-state index contributed by atoms with van der Waals surface area (Å²) < 4.78 is 35.3. The van der Waals surface area contributed by atoms with Crippen LogP contribution in [-0.4, -0.2) is 59.5 Å². The van der Waals surface area contributed by atoms with Crippen molar-refractivity contribution in [3.05, 3.63) is 89.5 Å². The van der Waals surface area contributed by atoms with Crippen molar-refractivity contribution >= 4 is 0 Å². The van der Waals surface area contributed by atoms with Gasteiger partial charge in [0.15, 0.2) is 0 Å². The largest absolute Gasteiger partial charge is 0.493 e. The van der Waals surface area contributed by atoms with E-state index in [2.05, 4.69) is 93.6 Å². The van der Waals surface area contributed by atoms with E-state index >= 15 is 0 Å². The second-order valence-electron chi connectivity index (χ2n) is 15.8. The van der Waals surface area contributed by atoms with Crippen molar-refractivity contribution in [1.29, 1.82) is 0 Å². The number of benzene rings is 3. The molecule has 7 rings (SSSR count). The third-order valence-corrected chi connectivity index (χ3v) is 13.0. The van der Waals surface area contributed by atoms with Crippen LogP contribution in [0, 0.1) is 35.5 Å². The van der Waals surface area contributed by atoms with Crippen LogP contribution in [0.3, 0.4) is 0 Å². The molecule has 1 saturated carbocycles. The van der Waals surface area contributed by atoms with E-state index < -0.39 is 0 Å². The van der Waals surface area contributed by atoms with Gasteiger partial charge in [-0.25, -0.2) is 0 Å². The van der Waals surface area contributed by atoms with Gasteiger partial charge in [0.1, 0.15) is 17.2 Å². The van der Waals surface area contributed by atoms with Gasteiger partial charge in [0, 0.05) is 23.2 Å². The molecule has 276 valence electrons. The highest BCUT2D eigenvalue weighted by Crippen LogP contribution is 2.49. The summed E-state index contributed by atoms with van der Waals surface area (Å²) in [6.45, 7) is 14.3. The van der Waals surface area contributed by atoms with Crippen molar-refractivity contribution in [2.24, 2.45) is 35.5 Å². The maximum Gasteiger partial charge on any atom is 0.119 e. The van der Waals surface area contributed by atoms with Crippen molar-refractivity contribution < 1.29 is 28.4 Å². The fourth-order valence-corrected chi connectivity index (χ4v) is 8.71. The van der Waals surface area contributed by atoms with Gasteiger partial charge in [-0.05, 0) is 122 Å². The Bertz CT molecular complexity index is 1400. The third-order valence-electron chi connectivity index (χ3n) is 13.0. The van der Waals surface area contributed by atoms with E-state index in [-0.39, 0.29) is 5.41 Å². The first-order chi connectivity index (χ1) is 25.1. The Morgan fingerprint density at radius 2 is 0.843 bits per heavy atom. The van der Waals surface area contributed by atoms with Gasteiger partial charge in [-0.3, -0.25) is 0 Å². The van der Waals surface area contributed by atoms with E-state index in [1.165, 1.54) is 16.7 Å². The molecule has 3 aliphatic heterocycles. The van der Waals surface area contributed by atoms with Crippen LogP contribution in [0.1, 0.15) is 88.3 Å². The van der Waals surface area contributed by atoms with Crippen LogP contribution < -0.4 is 14.2 Å². The summed E-state index contributed by atoms with van der Waals surface area (Å²) in [5.41, 5.74) is 4.13. The minimum Gasteiger partial charge on any atom is -0.493 e. The Morgan fingerprint density at radius 1 is 0.510 bits per heavy atom. The monoisotopic (exact) mass is 696 g/mol. The molecule has 3 unspecified atom stereocenters. The lowest BCUT2D eigenvalue weighted by Crippen LogP contribution is -2.37. The van der Waals surface area contributed by atoms with E-state index in [1.807, 2.05) is 0 Å². The van der Waals surface area contributed by atoms with Gasteiger partial charge in [-0.15, -0.1) is 0 Å². The second-order valence-corrected chi connectivity index (χ2v) is 15.8.